The number of hydrogen-bond donors (Lipinski definition) is 0. The number of methoxy groups -OCH3 is 1. The molecule has 0 aliphatic rings. The number of ether oxygens (including phenoxy) is 1. The first-order valence-electron chi connectivity index (χ1n) is 6.53. The van der Waals surface area contributed by atoms with Crippen LogP contribution in [0.4, 0.5) is 0 Å². The first-order valence-corrected chi connectivity index (χ1v) is 8.77. The van der Waals surface area contributed by atoms with E-state index in [-0.39, 0.29) is 4.90 Å². The summed E-state index contributed by atoms with van der Waals surface area (Å²) in [5.41, 5.74) is 0.908. The lowest BCUT2D eigenvalue weighted by atomic mass is 10.2. The molecule has 2 rings (SSSR count). The molecule has 0 bridgehead atoms. The van der Waals surface area contributed by atoms with Crippen molar-refractivity contribution >= 4 is 26.0 Å². The summed E-state index contributed by atoms with van der Waals surface area (Å²) in [5, 5.41) is 0. The highest BCUT2D eigenvalue weighted by molar-refractivity contribution is 9.10. The van der Waals surface area contributed by atoms with Crippen LogP contribution in [0.1, 0.15) is 24.7 Å². The summed E-state index contributed by atoms with van der Waals surface area (Å²) in [5.74, 6) is 0.850. The standard InChI is InChI=1S/C14H17BrN2O3S/c1-4-5-14-16-6-7-17(14)21(18,19)13-9-11(15)10(2)8-12(13)20-3/h6-9H,4-5H2,1-3H3. The highest BCUT2D eigenvalue weighted by Gasteiger charge is 2.25. The molecule has 0 saturated heterocycles. The van der Waals surface area contributed by atoms with Gasteiger partial charge in [-0.25, -0.2) is 17.4 Å². The van der Waals surface area contributed by atoms with E-state index in [2.05, 4.69) is 20.9 Å². The summed E-state index contributed by atoms with van der Waals surface area (Å²) in [7, 11) is -2.27. The van der Waals surface area contributed by atoms with Crippen molar-refractivity contribution < 1.29 is 13.2 Å². The van der Waals surface area contributed by atoms with E-state index >= 15 is 0 Å². The molecule has 1 aromatic carbocycles. The van der Waals surface area contributed by atoms with Crippen molar-refractivity contribution in [1.82, 2.24) is 8.96 Å². The first kappa shape index (κ1) is 16.0. The van der Waals surface area contributed by atoms with Gasteiger partial charge < -0.3 is 4.74 Å². The Hall–Kier alpha value is -1.34. The molecule has 0 atom stereocenters. The zero-order valence-corrected chi connectivity index (χ0v) is 14.5. The van der Waals surface area contributed by atoms with E-state index in [4.69, 9.17) is 4.74 Å². The van der Waals surface area contributed by atoms with Crippen LogP contribution in [0.15, 0.2) is 33.9 Å². The van der Waals surface area contributed by atoms with Gasteiger partial charge in [-0.3, -0.25) is 0 Å². The third-order valence-corrected chi connectivity index (χ3v) is 5.71. The molecule has 0 amide bonds. The maximum Gasteiger partial charge on any atom is 0.272 e. The van der Waals surface area contributed by atoms with Crippen molar-refractivity contribution in [2.24, 2.45) is 0 Å². The molecule has 7 heteroatoms. The maximum absolute atomic E-state index is 12.9. The predicted molar refractivity (Wildman–Crippen MR) is 84.2 cm³/mol. The SMILES string of the molecule is CCCc1nccn1S(=O)(=O)c1cc(Br)c(C)cc1OC. The molecule has 1 heterocycles. The third-order valence-electron chi connectivity index (χ3n) is 3.14. The minimum Gasteiger partial charge on any atom is -0.495 e. The summed E-state index contributed by atoms with van der Waals surface area (Å²) in [6.45, 7) is 3.86. The second-order valence-corrected chi connectivity index (χ2v) is 7.28. The Labute approximate surface area is 133 Å². The zero-order valence-electron chi connectivity index (χ0n) is 12.1. The lowest BCUT2D eigenvalue weighted by Crippen LogP contribution is -2.16. The number of aromatic nitrogens is 2. The van der Waals surface area contributed by atoms with Crippen LogP contribution in [0, 0.1) is 6.92 Å². The molecule has 0 N–H and O–H groups in total. The van der Waals surface area contributed by atoms with Gasteiger partial charge in [-0.15, -0.1) is 0 Å². The van der Waals surface area contributed by atoms with Crippen molar-refractivity contribution in [3.63, 3.8) is 0 Å². The van der Waals surface area contributed by atoms with Crippen molar-refractivity contribution in [2.75, 3.05) is 7.11 Å². The molecule has 21 heavy (non-hydrogen) atoms. The van der Waals surface area contributed by atoms with E-state index in [1.165, 1.54) is 23.5 Å². The summed E-state index contributed by atoms with van der Waals surface area (Å²) in [6.07, 6.45) is 4.38. The Kier molecular flexibility index (Phi) is 4.73. The Balaban J connectivity index is 2.64. The molecule has 0 fully saturated rings. The summed E-state index contributed by atoms with van der Waals surface area (Å²) in [4.78, 5) is 4.25. The molecular weight excluding hydrogens is 356 g/mol. The molecule has 0 saturated carbocycles. The van der Waals surface area contributed by atoms with Crippen LogP contribution in [0.3, 0.4) is 0 Å². The highest BCUT2D eigenvalue weighted by Crippen LogP contribution is 2.32. The number of rotatable bonds is 5. The second kappa shape index (κ2) is 6.19. The molecule has 0 aliphatic heterocycles. The number of halogens is 1. The molecule has 5 nitrogen and oxygen atoms in total. The van der Waals surface area contributed by atoms with Gasteiger partial charge in [-0.2, -0.15) is 0 Å². The molecule has 0 radical (unpaired) electrons. The average molecular weight is 373 g/mol. The van der Waals surface area contributed by atoms with Gasteiger partial charge in [0.15, 0.2) is 0 Å². The van der Waals surface area contributed by atoms with E-state index in [1.807, 2.05) is 13.8 Å². The van der Waals surface area contributed by atoms with Gasteiger partial charge in [0, 0.05) is 23.3 Å². The lowest BCUT2D eigenvalue weighted by molar-refractivity contribution is 0.402. The molecule has 2 aromatic rings. The normalized spacial score (nSPS) is 11.6. The van der Waals surface area contributed by atoms with Gasteiger partial charge in [0.2, 0.25) is 0 Å². The Morgan fingerprint density at radius 1 is 1.38 bits per heavy atom. The van der Waals surface area contributed by atoms with Gasteiger partial charge in [-0.05, 0) is 31.0 Å². The molecule has 1 aromatic heterocycles. The maximum atomic E-state index is 12.9. The lowest BCUT2D eigenvalue weighted by Gasteiger charge is -2.14. The van der Waals surface area contributed by atoms with Gasteiger partial charge >= 0.3 is 0 Å². The molecule has 0 spiro atoms. The minimum absolute atomic E-state index is 0.123. The van der Waals surface area contributed by atoms with Crippen LogP contribution >= 0.6 is 15.9 Å². The number of nitrogens with zero attached hydrogens (tertiary/aromatic N) is 2. The second-order valence-electron chi connectivity index (χ2n) is 4.65. The zero-order chi connectivity index (χ0) is 15.6. The molecule has 0 aliphatic carbocycles. The fourth-order valence-corrected chi connectivity index (χ4v) is 4.04. The summed E-state index contributed by atoms with van der Waals surface area (Å²) < 4.78 is 32.9. The predicted octanol–water partition coefficient (Wildman–Crippen LogP) is 3.15. The minimum atomic E-state index is -3.73. The van der Waals surface area contributed by atoms with Crippen LogP contribution in [-0.2, 0) is 16.4 Å². The third kappa shape index (κ3) is 2.98. The van der Waals surface area contributed by atoms with E-state index in [0.29, 0.717) is 18.0 Å². The number of hydrogen-bond acceptors (Lipinski definition) is 4. The van der Waals surface area contributed by atoms with Crippen molar-refractivity contribution in [1.29, 1.82) is 0 Å². The van der Waals surface area contributed by atoms with Crippen LogP contribution in [-0.4, -0.2) is 24.5 Å². The summed E-state index contributed by atoms with van der Waals surface area (Å²) in [6, 6.07) is 3.27. The average Bonchev–Trinajstić information content (AvgIpc) is 2.90. The number of imidazole rings is 1. The Morgan fingerprint density at radius 2 is 2.10 bits per heavy atom. The molecular formula is C14H17BrN2O3S. The fourth-order valence-electron chi connectivity index (χ4n) is 2.04. The van der Waals surface area contributed by atoms with E-state index < -0.39 is 10.0 Å². The van der Waals surface area contributed by atoms with E-state index in [0.717, 1.165) is 16.5 Å². The van der Waals surface area contributed by atoms with Crippen molar-refractivity contribution in [3.05, 3.63) is 40.4 Å². The molecule has 0 unspecified atom stereocenters. The van der Waals surface area contributed by atoms with Crippen LogP contribution < -0.4 is 4.74 Å². The highest BCUT2D eigenvalue weighted by atomic mass is 79.9. The number of aryl methyl sites for hydroxylation is 2. The van der Waals surface area contributed by atoms with E-state index in [1.54, 1.807) is 12.1 Å². The number of benzene rings is 1. The van der Waals surface area contributed by atoms with E-state index in [9.17, 15) is 8.42 Å². The Bertz CT molecular complexity index is 754. The van der Waals surface area contributed by atoms with Gasteiger partial charge in [-0.1, -0.05) is 22.9 Å². The fraction of sp³-hybridized carbons (Fsp3) is 0.357. The van der Waals surface area contributed by atoms with Crippen molar-refractivity contribution in [3.8, 4) is 5.75 Å². The topological polar surface area (TPSA) is 61.2 Å². The summed E-state index contributed by atoms with van der Waals surface area (Å²) >= 11 is 3.37. The molecule has 114 valence electrons. The van der Waals surface area contributed by atoms with Crippen molar-refractivity contribution in [2.45, 2.75) is 31.6 Å². The van der Waals surface area contributed by atoms with Gasteiger partial charge in [0.05, 0.1) is 7.11 Å². The van der Waals surface area contributed by atoms with Gasteiger partial charge in [0.25, 0.3) is 10.0 Å². The smallest absolute Gasteiger partial charge is 0.272 e. The van der Waals surface area contributed by atoms with Crippen LogP contribution in [0.2, 0.25) is 0 Å². The Morgan fingerprint density at radius 3 is 2.71 bits per heavy atom. The monoisotopic (exact) mass is 372 g/mol. The largest absolute Gasteiger partial charge is 0.495 e. The first-order chi connectivity index (χ1) is 9.91. The van der Waals surface area contributed by atoms with Crippen LogP contribution in [0.5, 0.6) is 5.75 Å². The quantitative estimate of drug-likeness (QED) is 0.808. The van der Waals surface area contributed by atoms with Crippen LogP contribution in [0.25, 0.3) is 0 Å². The van der Waals surface area contributed by atoms with Gasteiger partial charge in [0.1, 0.15) is 16.5 Å².